The van der Waals surface area contributed by atoms with Crippen LogP contribution < -0.4 is 10.2 Å². The number of carbonyl (C=O) groups is 2. The van der Waals surface area contributed by atoms with Crippen molar-refractivity contribution in [2.75, 3.05) is 37.4 Å². The topological polar surface area (TPSA) is 52.7 Å². The predicted octanol–water partition coefficient (Wildman–Crippen LogP) is 3.95. The Bertz CT molecular complexity index is 812. The molecule has 0 bridgehead atoms. The van der Waals surface area contributed by atoms with Crippen LogP contribution in [-0.2, 0) is 11.2 Å². The molecule has 1 saturated heterocycles. The Hall–Kier alpha value is -2.82. The van der Waals surface area contributed by atoms with Crippen molar-refractivity contribution in [3.63, 3.8) is 0 Å². The highest BCUT2D eigenvalue weighted by atomic mass is 16.2. The lowest BCUT2D eigenvalue weighted by Gasteiger charge is -2.28. The zero-order valence-corrected chi connectivity index (χ0v) is 16.8. The highest BCUT2D eigenvalue weighted by Crippen LogP contribution is 2.26. The van der Waals surface area contributed by atoms with Gasteiger partial charge in [0.15, 0.2) is 0 Å². The van der Waals surface area contributed by atoms with Crippen molar-refractivity contribution in [1.29, 1.82) is 0 Å². The van der Waals surface area contributed by atoms with Crippen LogP contribution in [0.4, 0.5) is 11.4 Å². The lowest BCUT2D eigenvalue weighted by molar-refractivity contribution is -0.116. The zero-order valence-electron chi connectivity index (χ0n) is 16.8. The van der Waals surface area contributed by atoms with Gasteiger partial charge in [-0.3, -0.25) is 9.59 Å². The minimum absolute atomic E-state index is 0.0437. The molecule has 1 aliphatic heterocycles. The molecule has 0 spiro atoms. The summed E-state index contributed by atoms with van der Waals surface area (Å²) in [4.78, 5) is 29.3. The lowest BCUT2D eigenvalue weighted by atomic mass is 10.1. The van der Waals surface area contributed by atoms with Gasteiger partial charge in [0, 0.05) is 45.0 Å². The number of anilines is 2. The Balaban J connectivity index is 1.71. The summed E-state index contributed by atoms with van der Waals surface area (Å²) < 4.78 is 0. The number of benzene rings is 2. The van der Waals surface area contributed by atoms with Crippen molar-refractivity contribution >= 4 is 23.2 Å². The van der Waals surface area contributed by atoms with Gasteiger partial charge in [-0.05, 0) is 49.4 Å². The quantitative estimate of drug-likeness (QED) is 0.827. The molecule has 148 valence electrons. The average Bonchev–Trinajstić information content (AvgIpc) is 2.73. The smallest absolute Gasteiger partial charge is 0.256 e. The van der Waals surface area contributed by atoms with Gasteiger partial charge in [0.2, 0.25) is 5.91 Å². The number of hydrogen-bond donors (Lipinski definition) is 1. The standard InChI is InChI=1S/C23H29N3O2/c1-25(2)21-13-12-19(17-20(21)23(28)26-15-7-4-8-16-26)24-22(27)14-11-18-9-5-3-6-10-18/h3,5-6,9-10,12-13,17H,4,7-8,11,14-16H2,1-2H3,(H,24,27). The van der Waals surface area contributed by atoms with Crippen LogP contribution in [0.5, 0.6) is 0 Å². The third-order valence-corrected chi connectivity index (χ3v) is 5.12. The summed E-state index contributed by atoms with van der Waals surface area (Å²) in [5.41, 5.74) is 3.33. The molecule has 1 N–H and O–H groups in total. The maximum Gasteiger partial charge on any atom is 0.256 e. The normalized spacial score (nSPS) is 13.9. The first kappa shape index (κ1) is 19.9. The van der Waals surface area contributed by atoms with Gasteiger partial charge in [0.1, 0.15) is 0 Å². The van der Waals surface area contributed by atoms with E-state index in [0.717, 1.165) is 37.2 Å². The average molecular weight is 380 g/mol. The van der Waals surface area contributed by atoms with Crippen LogP contribution in [0.2, 0.25) is 0 Å². The summed E-state index contributed by atoms with van der Waals surface area (Å²) in [5, 5.41) is 2.95. The van der Waals surface area contributed by atoms with Gasteiger partial charge < -0.3 is 15.1 Å². The molecule has 2 amide bonds. The van der Waals surface area contributed by atoms with Crippen molar-refractivity contribution in [3.8, 4) is 0 Å². The van der Waals surface area contributed by atoms with Gasteiger partial charge in [-0.1, -0.05) is 30.3 Å². The number of likely N-dealkylation sites (tertiary alicyclic amines) is 1. The van der Waals surface area contributed by atoms with Gasteiger partial charge in [-0.15, -0.1) is 0 Å². The molecule has 1 aliphatic rings. The number of amides is 2. The summed E-state index contributed by atoms with van der Waals surface area (Å²) >= 11 is 0. The maximum absolute atomic E-state index is 13.1. The van der Waals surface area contributed by atoms with E-state index in [1.165, 1.54) is 6.42 Å². The Morgan fingerprint density at radius 2 is 1.71 bits per heavy atom. The van der Waals surface area contributed by atoms with E-state index in [0.29, 0.717) is 24.1 Å². The molecule has 0 atom stereocenters. The maximum atomic E-state index is 13.1. The number of nitrogens with one attached hydrogen (secondary N) is 1. The van der Waals surface area contributed by atoms with Crippen molar-refractivity contribution in [1.82, 2.24) is 4.90 Å². The van der Waals surface area contributed by atoms with E-state index in [4.69, 9.17) is 0 Å². The zero-order chi connectivity index (χ0) is 19.9. The van der Waals surface area contributed by atoms with E-state index in [1.807, 2.05) is 72.4 Å². The number of rotatable bonds is 6. The number of hydrogen-bond acceptors (Lipinski definition) is 3. The fraction of sp³-hybridized carbons (Fsp3) is 0.391. The Morgan fingerprint density at radius 1 is 1.00 bits per heavy atom. The summed E-state index contributed by atoms with van der Waals surface area (Å²) in [7, 11) is 3.86. The largest absolute Gasteiger partial charge is 0.377 e. The van der Waals surface area contributed by atoms with Crippen molar-refractivity contribution in [2.24, 2.45) is 0 Å². The van der Waals surface area contributed by atoms with E-state index in [2.05, 4.69) is 5.32 Å². The minimum Gasteiger partial charge on any atom is -0.377 e. The van der Waals surface area contributed by atoms with Crippen molar-refractivity contribution in [3.05, 3.63) is 59.7 Å². The van der Waals surface area contributed by atoms with E-state index in [-0.39, 0.29) is 11.8 Å². The molecule has 28 heavy (non-hydrogen) atoms. The van der Waals surface area contributed by atoms with Gasteiger partial charge in [0.25, 0.3) is 5.91 Å². The van der Waals surface area contributed by atoms with Crippen LogP contribution in [0, 0.1) is 0 Å². The van der Waals surface area contributed by atoms with E-state index >= 15 is 0 Å². The van der Waals surface area contributed by atoms with Crippen LogP contribution >= 0.6 is 0 Å². The van der Waals surface area contributed by atoms with Gasteiger partial charge >= 0.3 is 0 Å². The number of piperidine rings is 1. The van der Waals surface area contributed by atoms with Crippen molar-refractivity contribution in [2.45, 2.75) is 32.1 Å². The van der Waals surface area contributed by atoms with Gasteiger partial charge in [-0.25, -0.2) is 0 Å². The van der Waals surface area contributed by atoms with E-state index in [1.54, 1.807) is 0 Å². The van der Waals surface area contributed by atoms with Crippen LogP contribution in [0.15, 0.2) is 48.5 Å². The van der Waals surface area contributed by atoms with Gasteiger partial charge in [-0.2, -0.15) is 0 Å². The van der Waals surface area contributed by atoms with Crippen LogP contribution in [0.25, 0.3) is 0 Å². The number of nitrogens with zero attached hydrogens (tertiary/aromatic N) is 2. The third kappa shape index (κ3) is 5.12. The van der Waals surface area contributed by atoms with E-state index in [9.17, 15) is 9.59 Å². The Labute approximate surface area is 167 Å². The first-order chi connectivity index (χ1) is 13.5. The summed E-state index contributed by atoms with van der Waals surface area (Å²) in [5.74, 6) is 0.00149. The van der Waals surface area contributed by atoms with Crippen LogP contribution in [0.3, 0.4) is 0 Å². The molecule has 0 radical (unpaired) electrons. The molecule has 0 saturated carbocycles. The monoisotopic (exact) mass is 379 g/mol. The molecule has 1 fully saturated rings. The molecular formula is C23H29N3O2. The molecule has 0 unspecified atom stereocenters. The molecule has 2 aromatic rings. The Kier molecular flexibility index (Phi) is 6.69. The summed E-state index contributed by atoms with van der Waals surface area (Å²) in [6, 6.07) is 15.6. The second-order valence-electron chi connectivity index (χ2n) is 7.51. The first-order valence-corrected chi connectivity index (χ1v) is 9.99. The number of carbonyl (C=O) groups excluding carboxylic acids is 2. The third-order valence-electron chi connectivity index (χ3n) is 5.12. The fourth-order valence-electron chi connectivity index (χ4n) is 3.57. The highest BCUT2D eigenvalue weighted by molar-refractivity contribution is 6.02. The minimum atomic E-state index is -0.0437. The summed E-state index contributed by atoms with van der Waals surface area (Å²) in [6.07, 6.45) is 4.40. The molecule has 5 heteroatoms. The molecule has 3 rings (SSSR count). The van der Waals surface area contributed by atoms with E-state index < -0.39 is 0 Å². The second kappa shape index (κ2) is 9.40. The molecule has 0 aliphatic carbocycles. The molecule has 2 aromatic carbocycles. The fourth-order valence-corrected chi connectivity index (χ4v) is 3.57. The van der Waals surface area contributed by atoms with Gasteiger partial charge in [0.05, 0.1) is 5.56 Å². The lowest BCUT2D eigenvalue weighted by Crippen LogP contribution is -2.36. The SMILES string of the molecule is CN(C)c1ccc(NC(=O)CCc2ccccc2)cc1C(=O)N1CCCCC1. The Morgan fingerprint density at radius 3 is 2.39 bits per heavy atom. The number of aryl methyl sites for hydroxylation is 1. The first-order valence-electron chi connectivity index (χ1n) is 9.99. The summed E-state index contributed by atoms with van der Waals surface area (Å²) in [6.45, 7) is 1.61. The second-order valence-corrected chi connectivity index (χ2v) is 7.51. The van der Waals surface area contributed by atoms with Crippen LogP contribution in [0.1, 0.15) is 41.6 Å². The molecule has 1 heterocycles. The highest BCUT2D eigenvalue weighted by Gasteiger charge is 2.22. The predicted molar refractivity (Wildman–Crippen MR) is 114 cm³/mol. The van der Waals surface area contributed by atoms with Crippen LogP contribution in [-0.4, -0.2) is 43.9 Å². The van der Waals surface area contributed by atoms with Crippen molar-refractivity contribution < 1.29 is 9.59 Å². The molecule has 0 aromatic heterocycles. The molecule has 5 nitrogen and oxygen atoms in total. The molecular weight excluding hydrogens is 350 g/mol.